The maximum atomic E-state index is 12.9. The fraction of sp³-hybridized carbons (Fsp3) is 0.263. The molecule has 0 spiro atoms. The fourth-order valence-electron chi connectivity index (χ4n) is 2.38. The molecule has 2 rings (SSSR count). The molecule has 0 saturated carbocycles. The van der Waals surface area contributed by atoms with Gasteiger partial charge in [-0.05, 0) is 62.4 Å². The monoisotopic (exact) mass is 408 g/mol. The number of benzene rings is 2. The minimum absolute atomic E-state index is 0.0905. The molecule has 0 radical (unpaired) electrons. The summed E-state index contributed by atoms with van der Waals surface area (Å²) in [5.41, 5.74) is 0.400. The molecule has 28 heavy (non-hydrogen) atoms. The van der Waals surface area contributed by atoms with Crippen LogP contribution in [0.4, 0.5) is 10.1 Å². The number of carbonyl (C=O) groups excluding carboxylic acids is 2. The van der Waals surface area contributed by atoms with Crippen LogP contribution in [0.25, 0.3) is 0 Å². The molecule has 0 aromatic heterocycles. The first kappa shape index (κ1) is 21.4. The molecule has 0 bridgehead atoms. The molecule has 150 valence electrons. The number of anilines is 1. The molecule has 0 atom stereocenters. The Morgan fingerprint density at radius 2 is 1.57 bits per heavy atom. The van der Waals surface area contributed by atoms with Gasteiger partial charge in [0.1, 0.15) is 5.82 Å². The number of likely N-dealkylation sites (N-methyl/N-ethyl adjacent to an activating group) is 1. The fourth-order valence-corrected chi connectivity index (χ4v) is 3.44. The Morgan fingerprint density at radius 3 is 2.11 bits per heavy atom. The van der Waals surface area contributed by atoms with Crippen molar-refractivity contribution in [2.75, 3.05) is 24.4 Å². The third-order valence-corrected chi connectivity index (χ3v) is 5.34. The minimum Gasteiger partial charge on any atom is -0.452 e. The third kappa shape index (κ3) is 5.53. The lowest BCUT2D eigenvalue weighted by Gasteiger charge is -2.18. The first-order valence-electron chi connectivity index (χ1n) is 8.60. The van der Waals surface area contributed by atoms with Crippen molar-refractivity contribution in [1.29, 1.82) is 0 Å². The second kappa shape index (κ2) is 9.32. The molecule has 0 aliphatic rings. The van der Waals surface area contributed by atoms with Crippen molar-refractivity contribution >= 4 is 27.6 Å². The number of rotatable bonds is 8. The van der Waals surface area contributed by atoms with Crippen LogP contribution in [0.15, 0.2) is 53.4 Å². The number of nitrogens with one attached hydrogen (secondary N) is 1. The Balaban J connectivity index is 2.00. The summed E-state index contributed by atoms with van der Waals surface area (Å²) in [6.45, 7) is 4.34. The van der Waals surface area contributed by atoms with E-state index in [0.29, 0.717) is 13.1 Å². The van der Waals surface area contributed by atoms with Gasteiger partial charge >= 0.3 is 5.97 Å². The minimum atomic E-state index is -3.88. The van der Waals surface area contributed by atoms with Crippen LogP contribution in [-0.4, -0.2) is 44.9 Å². The van der Waals surface area contributed by atoms with Crippen LogP contribution in [0.2, 0.25) is 0 Å². The molecule has 0 aliphatic heterocycles. The Morgan fingerprint density at radius 1 is 1.00 bits per heavy atom. The number of carbonyl (C=O) groups is 2. The molecule has 1 amide bonds. The number of ether oxygens (including phenoxy) is 1. The van der Waals surface area contributed by atoms with Crippen molar-refractivity contribution in [1.82, 2.24) is 4.90 Å². The maximum absolute atomic E-state index is 12.9. The normalized spacial score (nSPS) is 11.0. The number of halogens is 1. The van der Waals surface area contributed by atoms with Crippen LogP contribution in [0.3, 0.4) is 0 Å². The highest BCUT2D eigenvalue weighted by molar-refractivity contribution is 7.92. The van der Waals surface area contributed by atoms with E-state index in [2.05, 4.69) is 4.72 Å². The van der Waals surface area contributed by atoms with E-state index < -0.39 is 21.8 Å². The van der Waals surface area contributed by atoms with Crippen molar-refractivity contribution in [3.8, 4) is 0 Å². The number of amides is 1. The zero-order valence-electron chi connectivity index (χ0n) is 15.5. The van der Waals surface area contributed by atoms with E-state index in [1.807, 2.05) is 13.8 Å². The van der Waals surface area contributed by atoms with E-state index in [0.717, 1.165) is 24.3 Å². The van der Waals surface area contributed by atoms with E-state index >= 15 is 0 Å². The molecule has 9 heteroatoms. The van der Waals surface area contributed by atoms with Crippen LogP contribution < -0.4 is 4.72 Å². The van der Waals surface area contributed by atoms with Gasteiger partial charge in [-0.25, -0.2) is 17.6 Å². The lowest BCUT2D eigenvalue weighted by atomic mass is 10.2. The summed E-state index contributed by atoms with van der Waals surface area (Å²) in [5, 5.41) is 0. The largest absolute Gasteiger partial charge is 0.452 e. The molecule has 0 unspecified atom stereocenters. The molecule has 7 nitrogen and oxygen atoms in total. The van der Waals surface area contributed by atoms with Crippen molar-refractivity contribution < 1.29 is 27.1 Å². The zero-order valence-corrected chi connectivity index (χ0v) is 16.3. The maximum Gasteiger partial charge on any atom is 0.338 e. The van der Waals surface area contributed by atoms with Crippen LogP contribution in [0.1, 0.15) is 24.2 Å². The van der Waals surface area contributed by atoms with Gasteiger partial charge in [0.25, 0.3) is 15.9 Å². The van der Waals surface area contributed by atoms with Crippen molar-refractivity contribution in [2.45, 2.75) is 18.7 Å². The highest BCUT2D eigenvalue weighted by atomic mass is 32.2. The molecule has 2 aromatic rings. The first-order chi connectivity index (χ1) is 13.3. The summed E-state index contributed by atoms with van der Waals surface area (Å²) >= 11 is 0. The van der Waals surface area contributed by atoms with Crippen LogP contribution in [0.5, 0.6) is 0 Å². The van der Waals surface area contributed by atoms with E-state index in [4.69, 9.17) is 4.74 Å². The lowest BCUT2D eigenvalue weighted by Crippen LogP contribution is -2.34. The summed E-state index contributed by atoms with van der Waals surface area (Å²) in [6, 6.07) is 9.94. The quantitative estimate of drug-likeness (QED) is 0.678. The van der Waals surface area contributed by atoms with E-state index in [1.165, 1.54) is 24.3 Å². The van der Waals surface area contributed by atoms with Crippen molar-refractivity contribution in [3.63, 3.8) is 0 Å². The van der Waals surface area contributed by atoms with Gasteiger partial charge in [-0.1, -0.05) is 0 Å². The first-order valence-corrected chi connectivity index (χ1v) is 10.1. The highest BCUT2D eigenvalue weighted by Crippen LogP contribution is 2.17. The van der Waals surface area contributed by atoms with E-state index in [1.54, 1.807) is 4.90 Å². The van der Waals surface area contributed by atoms with Crippen LogP contribution >= 0.6 is 0 Å². The van der Waals surface area contributed by atoms with Gasteiger partial charge in [0, 0.05) is 18.8 Å². The van der Waals surface area contributed by atoms with Gasteiger partial charge in [-0.2, -0.15) is 0 Å². The Kier molecular flexibility index (Phi) is 7.11. The van der Waals surface area contributed by atoms with Crippen LogP contribution in [0, 0.1) is 5.82 Å². The SMILES string of the molecule is CCN(CC)C(=O)COC(=O)c1ccc(NS(=O)(=O)c2ccc(F)cc2)cc1. The predicted molar refractivity (Wildman–Crippen MR) is 102 cm³/mol. The molecule has 1 N–H and O–H groups in total. The summed E-state index contributed by atoms with van der Waals surface area (Å²) in [4.78, 5) is 25.3. The summed E-state index contributed by atoms with van der Waals surface area (Å²) < 4.78 is 44.8. The molecule has 0 saturated heterocycles. The molecule has 0 aliphatic carbocycles. The Hall–Kier alpha value is -2.94. The van der Waals surface area contributed by atoms with Gasteiger partial charge in [-0.3, -0.25) is 9.52 Å². The van der Waals surface area contributed by atoms with Gasteiger partial charge in [-0.15, -0.1) is 0 Å². The molecule has 0 fully saturated rings. The van der Waals surface area contributed by atoms with Crippen molar-refractivity contribution in [3.05, 3.63) is 59.9 Å². The van der Waals surface area contributed by atoms with E-state index in [9.17, 15) is 22.4 Å². The summed E-state index contributed by atoms with van der Waals surface area (Å²) in [5.74, 6) is -1.52. The topological polar surface area (TPSA) is 92.8 Å². The molecular weight excluding hydrogens is 387 g/mol. The van der Waals surface area contributed by atoms with Crippen molar-refractivity contribution in [2.24, 2.45) is 0 Å². The predicted octanol–water partition coefficient (Wildman–Crippen LogP) is 2.65. The second-order valence-corrected chi connectivity index (χ2v) is 7.46. The Bertz CT molecular complexity index is 924. The average Bonchev–Trinajstić information content (AvgIpc) is 2.67. The molecule has 2 aromatic carbocycles. The van der Waals surface area contributed by atoms with E-state index in [-0.39, 0.29) is 28.7 Å². The summed E-state index contributed by atoms with van der Waals surface area (Å²) in [7, 11) is -3.88. The Labute approximate surface area is 163 Å². The third-order valence-electron chi connectivity index (χ3n) is 3.94. The standard InChI is InChI=1S/C19H21FN2O5S/c1-3-22(4-2)18(23)13-27-19(24)14-5-9-16(10-6-14)21-28(25,26)17-11-7-15(20)8-12-17/h5-12,21H,3-4,13H2,1-2H3. The number of esters is 1. The zero-order chi connectivity index (χ0) is 20.7. The number of sulfonamides is 1. The summed E-state index contributed by atoms with van der Waals surface area (Å²) in [6.07, 6.45) is 0. The van der Waals surface area contributed by atoms with Gasteiger partial charge in [0.15, 0.2) is 6.61 Å². The number of hydrogen-bond acceptors (Lipinski definition) is 5. The van der Waals surface area contributed by atoms with Gasteiger partial charge < -0.3 is 9.64 Å². The molecular formula is C19H21FN2O5S. The average molecular weight is 408 g/mol. The highest BCUT2D eigenvalue weighted by Gasteiger charge is 2.16. The van der Waals surface area contributed by atoms with Crippen LogP contribution in [-0.2, 0) is 19.6 Å². The van der Waals surface area contributed by atoms with Gasteiger partial charge in [0.05, 0.1) is 10.5 Å². The smallest absolute Gasteiger partial charge is 0.338 e. The van der Waals surface area contributed by atoms with Gasteiger partial charge in [0.2, 0.25) is 0 Å². The molecule has 0 heterocycles. The number of nitrogens with zero attached hydrogens (tertiary/aromatic N) is 1. The second-order valence-electron chi connectivity index (χ2n) is 5.78. The lowest BCUT2D eigenvalue weighted by molar-refractivity contribution is -0.134. The number of hydrogen-bond donors (Lipinski definition) is 1.